The number of nitrogens with zero attached hydrogens (tertiary/aromatic N) is 1. The predicted octanol–water partition coefficient (Wildman–Crippen LogP) is 1.16. The van der Waals surface area contributed by atoms with Crippen molar-refractivity contribution in [2.24, 2.45) is 16.8 Å². The Morgan fingerprint density at radius 2 is 2.00 bits per heavy atom. The first-order chi connectivity index (χ1) is 6.45. The number of rotatable bonds is 0. The summed E-state index contributed by atoms with van der Waals surface area (Å²) < 4.78 is 0. The zero-order valence-electron chi connectivity index (χ0n) is 7.22. The lowest BCUT2D eigenvalue weighted by Crippen LogP contribution is -2.32. The van der Waals surface area contributed by atoms with Crippen LogP contribution >= 0.6 is 0 Å². The van der Waals surface area contributed by atoms with E-state index in [0.717, 1.165) is 0 Å². The van der Waals surface area contributed by atoms with Crippen molar-refractivity contribution in [2.75, 3.05) is 0 Å². The third-order valence-electron chi connectivity index (χ3n) is 2.98. The molecule has 0 aromatic heterocycles. The van der Waals surface area contributed by atoms with Crippen LogP contribution in [0.25, 0.3) is 0 Å². The number of aliphatic imine (C=N–C) groups is 1. The van der Waals surface area contributed by atoms with Gasteiger partial charge in [0.05, 0.1) is 12.3 Å². The Labute approximate surface area is 77.7 Å². The summed E-state index contributed by atoms with van der Waals surface area (Å²) in [6, 6.07) is 0.790. The van der Waals surface area contributed by atoms with Crippen LogP contribution < -0.4 is 5.32 Å². The molecule has 0 spiro atoms. The molecule has 1 saturated heterocycles. The maximum Gasteiger partial charge on any atom is 0.0810 e. The Kier molecular flexibility index (Phi) is 1.49. The summed E-state index contributed by atoms with van der Waals surface area (Å²) in [6.45, 7) is 0. The van der Waals surface area contributed by atoms with E-state index in [9.17, 15) is 0 Å². The van der Waals surface area contributed by atoms with Gasteiger partial charge in [-0.05, 0) is 0 Å². The minimum atomic E-state index is 0.312. The van der Waals surface area contributed by atoms with Gasteiger partial charge in [0.2, 0.25) is 0 Å². The van der Waals surface area contributed by atoms with E-state index in [0.29, 0.717) is 23.9 Å². The maximum absolute atomic E-state index is 4.04. The summed E-state index contributed by atoms with van der Waals surface area (Å²) in [7, 11) is 0. The van der Waals surface area contributed by atoms with Crippen LogP contribution in [0.4, 0.5) is 0 Å². The van der Waals surface area contributed by atoms with E-state index in [1.807, 2.05) is 6.20 Å². The standard InChI is InChI=1S/C11H11N2/c1-2-4-10-8(3-1)9-5-6-12-7-11(9)13-10/h1-6,8-11,13H. The summed E-state index contributed by atoms with van der Waals surface area (Å²) in [4.78, 5) is 4.04. The molecule has 2 heterocycles. The van der Waals surface area contributed by atoms with Gasteiger partial charge in [0.25, 0.3) is 0 Å². The van der Waals surface area contributed by atoms with Gasteiger partial charge >= 0.3 is 0 Å². The monoisotopic (exact) mass is 171 g/mol. The van der Waals surface area contributed by atoms with Gasteiger partial charge in [0.1, 0.15) is 0 Å². The molecule has 1 aliphatic carbocycles. The second-order valence-electron chi connectivity index (χ2n) is 3.69. The van der Waals surface area contributed by atoms with Crippen molar-refractivity contribution in [2.45, 2.75) is 12.1 Å². The highest BCUT2D eigenvalue weighted by Crippen LogP contribution is 2.33. The fraction of sp³-hybridized carbons (Fsp3) is 0.364. The van der Waals surface area contributed by atoms with Crippen molar-refractivity contribution in [1.29, 1.82) is 0 Å². The molecule has 4 atom stereocenters. The lowest BCUT2D eigenvalue weighted by molar-refractivity contribution is 0.535. The van der Waals surface area contributed by atoms with Crippen LogP contribution in [0.1, 0.15) is 0 Å². The molecule has 2 heteroatoms. The van der Waals surface area contributed by atoms with E-state index in [1.54, 1.807) is 0 Å². The molecule has 1 radical (unpaired) electrons. The molecule has 4 unspecified atom stereocenters. The van der Waals surface area contributed by atoms with E-state index >= 15 is 0 Å². The summed E-state index contributed by atoms with van der Waals surface area (Å²) in [5.41, 5.74) is 0. The van der Waals surface area contributed by atoms with E-state index in [-0.39, 0.29) is 0 Å². The molecule has 3 rings (SSSR count). The predicted molar refractivity (Wildman–Crippen MR) is 52.5 cm³/mol. The van der Waals surface area contributed by atoms with Gasteiger partial charge in [-0.1, -0.05) is 30.4 Å². The van der Waals surface area contributed by atoms with Crippen LogP contribution in [0, 0.1) is 11.8 Å². The van der Waals surface area contributed by atoms with Crippen LogP contribution in [0.3, 0.4) is 0 Å². The number of nitrogens with one attached hydrogen (secondary N) is 1. The van der Waals surface area contributed by atoms with Crippen LogP contribution in [0.15, 0.2) is 41.6 Å². The quantitative estimate of drug-likeness (QED) is 0.581. The van der Waals surface area contributed by atoms with Crippen LogP contribution in [0.5, 0.6) is 0 Å². The van der Waals surface area contributed by atoms with Crippen molar-refractivity contribution in [3.63, 3.8) is 0 Å². The normalized spacial score (nSPS) is 44.9. The SMILES string of the molecule is [C]1=NC=CC2C1NC1C=CC=CC12. The second-order valence-corrected chi connectivity index (χ2v) is 3.69. The number of hydrogen-bond donors (Lipinski definition) is 1. The zero-order chi connectivity index (χ0) is 8.67. The average Bonchev–Trinajstić information content (AvgIpc) is 2.56. The Hall–Kier alpha value is -1.15. The smallest absolute Gasteiger partial charge is 0.0810 e. The molecule has 65 valence electrons. The van der Waals surface area contributed by atoms with Crippen LogP contribution in [0.2, 0.25) is 0 Å². The number of hydrogen-bond acceptors (Lipinski definition) is 2. The third kappa shape index (κ3) is 1.02. The van der Waals surface area contributed by atoms with Gasteiger partial charge in [0, 0.05) is 24.1 Å². The molecule has 0 aromatic rings. The molecule has 0 amide bonds. The highest BCUT2D eigenvalue weighted by molar-refractivity contribution is 5.69. The first kappa shape index (κ1) is 7.27. The number of fused-ring (bicyclic) bond motifs is 3. The molecule has 3 aliphatic rings. The van der Waals surface area contributed by atoms with E-state index < -0.39 is 0 Å². The Morgan fingerprint density at radius 1 is 1.08 bits per heavy atom. The summed E-state index contributed by atoms with van der Waals surface area (Å²) >= 11 is 0. The van der Waals surface area contributed by atoms with Gasteiger partial charge in [-0.25, -0.2) is 0 Å². The molecule has 2 nitrogen and oxygen atoms in total. The van der Waals surface area contributed by atoms with Crippen molar-refractivity contribution < 1.29 is 0 Å². The molecule has 13 heavy (non-hydrogen) atoms. The second kappa shape index (κ2) is 2.67. The molecular formula is C11H11N2. The first-order valence-corrected chi connectivity index (χ1v) is 4.68. The van der Waals surface area contributed by atoms with E-state index in [2.05, 4.69) is 46.9 Å². The third-order valence-corrected chi connectivity index (χ3v) is 2.98. The summed E-state index contributed by atoms with van der Waals surface area (Å²) in [5, 5.41) is 3.50. The highest BCUT2D eigenvalue weighted by Gasteiger charge is 2.39. The largest absolute Gasteiger partial charge is 0.301 e. The van der Waals surface area contributed by atoms with Crippen molar-refractivity contribution >= 4 is 6.21 Å². The van der Waals surface area contributed by atoms with Crippen LogP contribution in [-0.4, -0.2) is 18.3 Å². The summed E-state index contributed by atoms with van der Waals surface area (Å²) in [6.07, 6.45) is 15.9. The van der Waals surface area contributed by atoms with Gasteiger partial charge in [-0.2, -0.15) is 0 Å². The molecule has 0 aromatic carbocycles. The Morgan fingerprint density at radius 3 is 3.00 bits per heavy atom. The Bertz CT molecular complexity index is 293. The molecule has 0 bridgehead atoms. The minimum Gasteiger partial charge on any atom is -0.301 e. The van der Waals surface area contributed by atoms with E-state index in [1.165, 1.54) is 0 Å². The fourth-order valence-corrected chi connectivity index (χ4v) is 2.33. The van der Waals surface area contributed by atoms with Gasteiger partial charge in [-0.15, -0.1) is 0 Å². The maximum atomic E-state index is 4.04. The molecule has 2 aliphatic heterocycles. The molecule has 1 fully saturated rings. The molecule has 1 N–H and O–H groups in total. The van der Waals surface area contributed by atoms with Gasteiger partial charge in [-0.3, -0.25) is 4.99 Å². The zero-order valence-corrected chi connectivity index (χ0v) is 7.22. The number of allylic oxidation sites excluding steroid dienone is 2. The topological polar surface area (TPSA) is 24.4 Å². The summed E-state index contributed by atoms with van der Waals surface area (Å²) in [5.74, 6) is 1.14. The minimum absolute atomic E-state index is 0.312. The molecule has 0 saturated carbocycles. The van der Waals surface area contributed by atoms with Crippen LogP contribution in [-0.2, 0) is 0 Å². The fourth-order valence-electron chi connectivity index (χ4n) is 2.33. The first-order valence-electron chi connectivity index (χ1n) is 4.68. The Balaban J connectivity index is 1.95. The van der Waals surface area contributed by atoms with E-state index in [4.69, 9.17) is 0 Å². The van der Waals surface area contributed by atoms with Gasteiger partial charge < -0.3 is 5.32 Å². The lowest BCUT2D eigenvalue weighted by atomic mass is 9.84. The van der Waals surface area contributed by atoms with Crippen molar-refractivity contribution in [3.05, 3.63) is 36.6 Å². The van der Waals surface area contributed by atoms with Crippen molar-refractivity contribution in [1.82, 2.24) is 5.32 Å². The highest BCUT2D eigenvalue weighted by atomic mass is 15.0. The van der Waals surface area contributed by atoms with Crippen molar-refractivity contribution in [3.8, 4) is 0 Å². The average molecular weight is 171 g/mol. The van der Waals surface area contributed by atoms with Gasteiger partial charge in [0.15, 0.2) is 0 Å². The lowest BCUT2D eigenvalue weighted by Gasteiger charge is -2.19. The molecular weight excluding hydrogens is 160 g/mol.